The van der Waals surface area contributed by atoms with Crippen molar-refractivity contribution in [2.75, 3.05) is 16.8 Å². The van der Waals surface area contributed by atoms with Gasteiger partial charge in [-0.2, -0.15) is 5.10 Å². The zero-order valence-electron chi connectivity index (χ0n) is 14.2. The van der Waals surface area contributed by atoms with Crippen LogP contribution in [-0.2, 0) is 9.84 Å². The highest BCUT2D eigenvalue weighted by Crippen LogP contribution is 2.27. The molecule has 1 N–H and O–H groups in total. The first-order valence-electron chi connectivity index (χ1n) is 8.35. The van der Waals surface area contributed by atoms with E-state index in [1.54, 1.807) is 23.0 Å². The van der Waals surface area contributed by atoms with Gasteiger partial charge in [-0.1, -0.05) is 18.2 Å². The van der Waals surface area contributed by atoms with Crippen molar-refractivity contribution in [1.82, 2.24) is 14.8 Å². The van der Waals surface area contributed by atoms with Crippen LogP contribution in [0.4, 0.5) is 5.82 Å². The van der Waals surface area contributed by atoms with E-state index in [9.17, 15) is 13.2 Å². The lowest BCUT2D eigenvalue weighted by Crippen LogP contribution is -2.19. The summed E-state index contributed by atoms with van der Waals surface area (Å²) in [6, 6.07) is 10.6. The van der Waals surface area contributed by atoms with Crippen molar-refractivity contribution in [3.8, 4) is 0 Å². The van der Waals surface area contributed by atoms with Crippen LogP contribution >= 0.6 is 0 Å². The minimum absolute atomic E-state index is 0.0508. The number of aryl methyl sites for hydroxylation is 1. The number of hydrogen-bond acceptors (Lipinski definition) is 5. The summed E-state index contributed by atoms with van der Waals surface area (Å²) < 4.78 is 25.2. The zero-order valence-corrected chi connectivity index (χ0v) is 15.0. The Labute approximate surface area is 151 Å². The first-order valence-corrected chi connectivity index (χ1v) is 10.2. The fourth-order valence-corrected chi connectivity index (χ4v) is 5.03. The molecule has 3 aromatic rings. The minimum Gasteiger partial charge on any atom is -0.307 e. The number of fused-ring (bicyclic) bond motifs is 1. The SMILES string of the molecule is Cc1cc(NC(=O)c2ccnc3ccccc23)n(C2CCS(=O)(=O)C2)n1. The van der Waals surface area contributed by atoms with Crippen molar-refractivity contribution in [2.45, 2.75) is 19.4 Å². The van der Waals surface area contributed by atoms with E-state index in [2.05, 4.69) is 15.4 Å². The van der Waals surface area contributed by atoms with Crippen LogP contribution in [0.2, 0.25) is 0 Å². The van der Waals surface area contributed by atoms with Crippen LogP contribution in [0, 0.1) is 6.92 Å². The second-order valence-corrected chi connectivity index (χ2v) is 8.73. The molecule has 0 radical (unpaired) electrons. The number of anilines is 1. The van der Waals surface area contributed by atoms with E-state index in [4.69, 9.17) is 0 Å². The Morgan fingerprint density at radius 1 is 1.27 bits per heavy atom. The van der Waals surface area contributed by atoms with Gasteiger partial charge in [-0.05, 0) is 25.5 Å². The number of nitrogens with one attached hydrogen (secondary N) is 1. The van der Waals surface area contributed by atoms with Gasteiger partial charge in [-0.3, -0.25) is 9.78 Å². The monoisotopic (exact) mass is 370 g/mol. The molecule has 1 aliphatic heterocycles. The number of hydrogen-bond donors (Lipinski definition) is 1. The van der Waals surface area contributed by atoms with Gasteiger partial charge in [-0.15, -0.1) is 0 Å². The van der Waals surface area contributed by atoms with Crippen LogP contribution in [0.1, 0.15) is 28.5 Å². The highest BCUT2D eigenvalue weighted by atomic mass is 32.2. The number of aromatic nitrogens is 3. The van der Waals surface area contributed by atoms with E-state index in [1.165, 1.54) is 0 Å². The Kier molecular flexibility index (Phi) is 3.99. The number of pyridine rings is 1. The highest BCUT2D eigenvalue weighted by molar-refractivity contribution is 7.91. The Balaban J connectivity index is 1.66. The molecule has 7 nitrogen and oxygen atoms in total. The summed E-state index contributed by atoms with van der Waals surface area (Å²) in [5.41, 5.74) is 1.98. The Hall–Kier alpha value is -2.74. The van der Waals surface area contributed by atoms with Crippen LogP contribution in [0.3, 0.4) is 0 Å². The molecule has 1 saturated heterocycles. The second kappa shape index (κ2) is 6.21. The molecule has 1 aliphatic rings. The van der Waals surface area contributed by atoms with Gasteiger partial charge in [0.15, 0.2) is 9.84 Å². The molecule has 4 rings (SSSR count). The number of carbonyl (C=O) groups is 1. The Bertz CT molecular complexity index is 1100. The van der Waals surface area contributed by atoms with E-state index in [1.807, 2.05) is 31.2 Å². The quantitative estimate of drug-likeness (QED) is 0.764. The fourth-order valence-electron chi connectivity index (χ4n) is 3.33. The third-order valence-electron chi connectivity index (χ3n) is 4.55. The van der Waals surface area contributed by atoms with Gasteiger partial charge in [0.05, 0.1) is 34.3 Å². The standard InChI is InChI=1S/C18H18N4O3S/c1-12-10-17(22(21-12)13-7-9-26(24,25)11-13)20-18(23)15-6-8-19-16-5-3-2-4-14(15)16/h2-6,8,10,13H,7,9,11H2,1H3,(H,20,23). The molecular weight excluding hydrogens is 352 g/mol. The van der Waals surface area contributed by atoms with Crippen molar-refractivity contribution in [1.29, 1.82) is 0 Å². The number of sulfone groups is 1. The van der Waals surface area contributed by atoms with Crippen molar-refractivity contribution in [3.63, 3.8) is 0 Å². The smallest absolute Gasteiger partial charge is 0.257 e. The molecule has 0 saturated carbocycles. The zero-order chi connectivity index (χ0) is 18.3. The van der Waals surface area contributed by atoms with Gasteiger partial charge in [-0.25, -0.2) is 13.1 Å². The molecular formula is C18H18N4O3S. The van der Waals surface area contributed by atoms with Crippen LogP contribution < -0.4 is 5.32 Å². The largest absolute Gasteiger partial charge is 0.307 e. The maximum Gasteiger partial charge on any atom is 0.257 e. The third kappa shape index (κ3) is 3.08. The van der Waals surface area contributed by atoms with E-state index >= 15 is 0 Å². The average molecular weight is 370 g/mol. The van der Waals surface area contributed by atoms with Crippen LogP contribution in [0.15, 0.2) is 42.6 Å². The summed E-state index contributed by atoms with van der Waals surface area (Å²) in [4.78, 5) is 17.1. The predicted molar refractivity (Wildman–Crippen MR) is 99.0 cm³/mol. The lowest BCUT2D eigenvalue weighted by Gasteiger charge is -2.14. The fraction of sp³-hybridized carbons (Fsp3) is 0.278. The minimum atomic E-state index is -3.04. The molecule has 0 bridgehead atoms. The van der Waals surface area contributed by atoms with Gasteiger partial charge < -0.3 is 5.32 Å². The molecule has 0 aliphatic carbocycles. The Morgan fingerprint density at radius 3 is 2.85 bits per heavy atom. The lowest BCUT2D eigenvalue weighted by molar-refractivity contribution is 0.102. The molecule has 1 atom stereocenters. The Morgan fingerprint density at radius 2 is 2.08 bits per heavy atom. The average Bonchev–Trinajstić information content (AvgIpc) is 3.16. The number of para-hydroxylation sites is 1. The van der Waals surface area contributed by atoms with Crippen molar-refractivity contribution in [2.24, 2.45) is 0 Å². The predicted octanol–water partition coefficient (Wildman–Crippen LogP) is 2.35. The van der Waals surface area contributed by atoms with Gasteiger partial charge in [0, 0.05) is 17.6 Å². The van der Waals surface area contributed by atoms with Crippen molar-refractivity contribution >= 4 is 32.5 Å². The molecule has 3 heterocycles. The third-order valence-corrected chi connectivity index (χ3v) is 6.30. The van der Waals surface area contributed by atoms with Crippen molar-refractivity contribution < 1.29 is 13.2 Å². The molecule has 1 amide bonds. The molecule has 1 fully saturated rings. The van der Waals surface area contributed by atoms with Crippen molar-refractivity contribution in [3.05, 3.63) is 53.9 Å². The van der Waals surface area contributed by atoms with Crippen LogP contribution in [-0.4, -0.2) is 40.6 Å². The summed E-state index contributed by atoms with van der Waals surface area (Å²) >= 11 is 0. The number of rotatable bonds is 3. The molecule has 0 spiro atoms. The normalized spacial score (nSPS) is 18.9. The number of nitrogens with zero attached hydrogens (tertiary/aromatic N) is 3. The summed E-state index contributed by atoms with van der Waals surface area (Å²) in [5, 5.41) is 8.04. The molecule has 8 heteroatoms. The van der Waals surface area contributed by atoms with E-state index < -0.39 is 9.84 Å². The first-order chi connectivity index (χ1) is 12.4. The van der Waals surface area contributed by atoms with E-state index in [0.29, 0.717) is 17.8 Å². The van der Waals surface area contributed by atoms with Gasteiger partial charge in [0.2, 0.25) is 0 Å². The second-order valence-electron chi connectivity index (χ2n) is 6.50. The molecule has 134 valence electrons. The van der Waals surface area contributed by atoms with Gasteiger partial charge in [0.1, 0.15) is 5.82 Å². The van der Waals surface area contributed by atoms with E-state index in [0.717, 1.165) is 16.6 Å². The number of carbonyl (C=O) groups excluding carboxylic acids is 1. The van der Waals surface area contributed by atoms with Crippen LogP contribution in [0.5, 0.6) is 0 Å². The van der Waals surface area contributed by atoms with Gasteiger partial charge in [0.25, 0.3) is 5.91 Å². The molecule has 1 aromatic carbocycles. The summed E-state index contributed by atoms with van der Waals surface area (Å²) in [6.45, 7) is 1.82. The van der Waals surface area contributed by atoms with Gasteiger partial charge >= 0.3 is 0 Å². The summed E-state index contributed by atoms with van der Waals surface area (Å²) in [7, 11) is -3.04. The maximum atomic E-state index is 12.8. The van der Waals surface area contributed by atoms with E-state index in [-0.39, 0.29) is 23.5 Å². The highest BCUT2D eigenvalue weighted by Gasteiger charge is 2.31. The maximum absolute atomic E-state index is 12.8. The number of benzene rings is 1. The lowest BCUT2D eigenvalue weighted by atomic mass is 10.1. The summed E-state index contributed by atoms with van der Waals surface area (Å²) in [5.74, 6) is 0.440. The van der Waals surface area contributed by atoms with Crippen LogP contribution in [0.25, 0.3) is 10.9 Å². The first kappa shape index (κ1) is 16.7. The molecule has 26 heavy (non-hydrogen) atoms. The topological polar surface area (TPSA) is 94.0 Å². The summed E-state index contributed by atoms with van der Waals surface area (Å²) in [6.07, 6.45) is 2.11. The number of amides is 1. The molecule has 2 aromatic heterocycles. The molecule has 1 unspecified atom stereocenters.